The van der Waals surface area contributed by atoms with Crippen molar-refractivity contribution in [2.75, 3.05) is 0 Å². The van der Waals surface area contributed by atoms with E-state index in [9.17, 15) is 24.6 Å². The van der Waals surface area contributed by atoms with E-state index in [-0.39, 0.29) is 16.9 Å². The minimum Gasteiger partial charge on any atom is -0.478 e. The average Bonchev–Trinajstić information content (AvgIpc) is 3.88. The molecule has 0 aliphatic rings. The lowest BCUT2D eigenvalue weighted by molar-refractivity contribution is 0.0686. The Balaban J connectivity index is 1.08. The smallest absolute Gasteiger partial charge is 0.335 e. The van der Waals surface area contributed by atoms with E-state index in [1.165, 1.54) is 0 Å². The van der Waals surface area contributed by atoms with E-state index in [2.05, 4.69) is 9.97 Å². The van der Waals surface area contributed by atoms with Crippen molar-refractivity contribution in [3.05, 3.63) is 180 Å². The summed E-state index contributed by atoms with van der Waals surface area (Å²) in [4.78, 5) is 53.1. The second-order valence-electron chi connectivity index (χ2n) is 12.6. The number of rotatable bonds is 10. The summed E-state index contributed by atoms with van der Waals surface area (Å²) in [5.74, 6) is -0.937. The molecule has 0 amide bonds. The summed E-state index contributed by atoms with van der Waals surface area (Å²) in [5.41, 5.74) is 9.42. The third kappa shape index (κ3) is 6.60. The number of hydrogen-bond acceptors (Lipinski definition) is 5. The number of aromatic carboxylic acids is 2. The number of aromatic amines is 2. The Morgan fingerprint density at radius 3 is 1.09 bits per heavy atom. The summed E-state index contributed by atoms with van der Waals surface area (Å²) in [6, 6.07) is 47.4. The molecule has 0 atom stereocenters. The maximum absolute atomic E-state index is 13.7. The van der Waals surface area contributed by atoms with Crippen molar-refractivity contribution in [3.8, 4) is 67.8 Å². The Hall–Kier alpha value is -7.65. The second kappa shape index (κ2) is 14.2. The van der Waals surface area contributed by atoms with Crippen LogP contribution in [0.2, 0.25) is 0 Å². The zero-order chi connectivity index (χ0) is 37.2. The lowest BCUT2D eigenvalue weighted by Crippen LogP contribution is -2.01. The van der Waals surface area contributed by atoms with Gasteiger partial charge in [-0.05, 0) is 24.3 Å². The fourth-order valence-electron chi connectivity index (χ4n) is 6.33. The summed E-state index contributed by atoms with van der Waals surface area (Å²) in [6.45, 7) is 0. The topological polar surface area (TPSA) is 149 Å². The molecule has 9 nitrogen and oxygen atoms in total. The fraction of sp³-hybridized carbons (Fsp3) is 0. The number of hydrogen-bond donors (Lipinski definition) is 4. The van der Waals surface area contributed by atoms with E-state index < -0.39 is 11.9 Å². The minimum atomic E-state index is -0.996. The van der Waals surface area contributed by atoms with E-state index in [4.69, 9.17) is 9.97 Å². The molecule has 4 N–H and O–H groups in total. The van der Waals surface area contributed by atoms with Gasteiger partial charge < -0.3 is 20.2 Å². The maximum Gasteiger partial charge on any atom is 0.335 e. The Morgan fingerprint density at radius 1 is 0.370 bits per heavy atom. The number of carboxylic acids is 2. The van der Waals surface area contributed by atoms with Crippen molar-refractivity contribution in [2.45, 2.75) is 0 Å². The Bertz CT molecular complexity index is 2440. The van der Waals surface area contributed by atoms with Crippen molar-refractivity contribution in [1.29, 1.82) is 0 Å². The number of nitrogens with zero attached hydrogens (tertiary/aromatic N) is 2. The molecule has 0 aliphatic carbocycles. The number of carbonyl (C=O) groups excluding carboxylic acids is 1. The van der Waals surface area contributed by atoms with Crippen LogP contribution in [0.1, 0.15) is 36.6 Å². The molecule has 0 radical (unpaired) electrons. The van der Waals surface area contributed by atoms with Crippen LogP contribution in [0.4, 0.5) is 0 Å². The lowest BCUT2D eigenvalue weighted by Gasteiger charge is -2.07. The van der Waals surface area contributed by atoms with Gasteiger partial charge in [0.15, 0.2) is 5.78 Å². The number of benzene rings is 6. The first-order valence-electron chi connectivity index (χ1n) is 17.1. The molecule has 8 aromatic rings. The van der Waals surface area contributed by atoms with Gasteiger partial charge in [0.2, 0.25) is 0 Å². The fourth-order valence-corrected chi connectivity index (χ4v) is 6.33. The molecule has 2 heterocycles. The Kier molecular flexibility index (Phi) is 8.79. The van der Waals surface area contributed by atoms with Gasteiger partial charge in [-0.15, -0.1) is 0 Å². The van der Waals surface area contributed by atoms with Crippen molar-refractivity contribution in [3.63, 3.8) is 0 Å². The van der Waals surface area contributed by atoms with Crippen LogP contribution < -0.4 is 0 Å². The SMILES string of the molecule is O=C(O)c1ccc(-c2nc(-c3ccc(C(=O)c4ccc(-c5[nH]c(-c6ccc(C(=O)O)cc6)nc5-c5ccccc5)cc4)cc3)c(-c3ccccc3)[nH]2)cc1. The molecule has 9 heteroatoms. The molecule has 0 bridgehead atoms. The lowest BCUT2D eigenvalue weighted by atomic mass is 9.98. The van der Waals surface area contributed by atoms with Gasteiger partial charge in [0.05, 0.1) is 33.9 Å². The number of aromatic nitrogens is 4. The molecule has 6 aromatic carbocycles. The largest absolute Gasteiger partial charge is 0.478 e. The maximum atomic E-state index is 13.7. The van der Waals surface area contributed by atoms with Crippen molar-refractivity contribution in [1.82, 2.24) is 19.9 Å². The van der Waals surface area contributed by atoms with Crippen LogP contribution in [-0.4, -0.2) is 47.9 Å². The monoisotopic (exact) mass is 706 g/mol. The van der Waals surface area contributed by atoms with Crippen LogP contribution in [0.5, 0.6) is 0 Å². The van der Waals surface area contributed by atoms with Gasteiger partial charge in [-0.1, -0.05) is 133 Å². The third-order valence-electron chi connectivity index (χ3n) is 9.18. The average molecular weight is 707 g/mol. The highest BCUT2D eigenvalue weighted by molar-refractivity contribution is 6.09. The number of H-pyrrole nitrogens is 2. The Morgan fingerprint density at radius 2 is 0.685 bits per heavy atom. The molecule has 54 heavy (non-hydrogen) atoms. The zero-order valence-corrected chi connectivity index (χ0v) is 28.5. The number of nitrogens with one attached hydrogen (secondary N) is 2. The molecule has 8 rings (SSSR count). The predicted molar refractivity (Wildman–Crippen MR) is 207 cm³/mol. The van der Waals surface area contributed by atoms with Crippen LogP contribution in [0.3, 0.4) is 0 Å². The zero-order valence-electron chi connectivity index (χ0n) is 28.5. The molecule has 0 saturated heterocycles. The molecular weight excluding hydrogens is 677 g/mol. The highest BCUT2D eigenvalue weighted by atomic mass is 16.4. The van der Waals surface area contributed by atoms with Crippen LogP contribution >= 0.6 is 0 Å². The third-order valence-corrected chi connectivity index (χ3v) is 9.18. The molecule has 0 saturated carbocycles. The number of imidazole rings is 2. The molecule has 2 aromatic heterocycles. The van der Waals surface area contributed by atoms with Crippen molar-refractivity contribution < 1.29 is 24.6 Å². The van der Waals surface area contributed by atoms with Crippen molar-refractivity contribution >= 4 is 17.7 Å². The first kappa shape index (κ1) is 33.5. The normalized spacial score (nSPS) is 11.0. The highest BCUT2D eigenvalue weighted by Gasteiger charge is 2.19. The van der Waals surface area contributed by atoms with E-state index >= 15 is 0 Å². The quantitative estimate of drug-likeness (QED) is 0.103. The molecule has 0 fully saturated rings. The van der Waals surface area contributed by atoms with E-state index in [0.717, 1.165) is 50.5 Å². The molecule has 260 valence electrons. The van der Waals surface area contributed by atoms with Crippen LogP contribution in [-0.2, 0) is 0 Å². The standard InChI is InChI=1S/C45H30N4O5/c50-41(31-15-11-29(12-16-31)39-37(27-7-3-1-4-8-27)46-42(48-39)33-19-23-35(24-20-33)44(51)52)32-17-13-30(14-18-32)40-38(28-9-5-2-6-10-28)47-43(49-40)34-21-25-36(26-22-34)45(53)54/h1-26H,(H,46,48)(H,47,49)(H,51,52)(H,53,54). The molecule has 0 spiro atoms. The van der Waals surface area contributed by atoms with Crippen LogP contribution in [0.25, 0.3) is 67.8 Å². The second-order valence-corrected chi connectivity index (χ2v) is 12.6. The summed E-state index contributed by atoms with van der Waals surface area (Å²) >= 11 is 0. The number of carbonyl (C=O) groups is 3. The Labute approximate surface area is 309 Å². The van der Waals surface area contributed by atoms with E-state index in [0.29, 0.717) is 28.5 Å². The highest BCUT2D eigenvalue weighted by Crippen LogP contribution is 2.35. The van der Waals surface area contributed by atoms with Gasteiger partial charge >= 0.3 is 11.9 Å². The molecular formula is C45H30N4O5. The minimum absolute atomic E-state index is 0.135. The van der Waals surface area contributed by atoms with Gasteiger partial charge in [0.25, 0.3) is 0 Å². The predicted octanol–water partition coefficient (Wildman–Crippen LogP) is 9.76. The first-order valence-corrected chi connectivity index (χ1v) is 17.1. The van der Waals surface area contributed by atoms with Crippen LogP contribution in [0, 0.1) is 0 Å². The van der Waals surface area contributed by atoms with Gasteiger partial charge in [0.1, 0.15) is 11.6 Å². The summed E-state index contributed by atoms with van der Waals surface area (Å²) < 4.78 is 0. The first-order chi connectivity index (χ1) is 26.3. The molecule has 0 aliphatic heterocycles. The van der Waals surface area contributed by atoms with Crippen LogP contribution in [0.15, 0.2) is 158 Å². The van der Waals surface area contributed by atoms with Crippen molar-refractivity contribution in [2.24, 2.45) is 0 Å². The summed E-state index contributed by atoms with van der Waals surface area (Å²) in [7, 11) is 0. The van der Waals surface area contributed by atoms with E-state index in [1.54, 1.807) is 72.8 Å². The van der Waals surface area contributed by atoms with Gasteiger partial charge in [-0.2, -0.15) is 0 Å². The van der Waals surface area contributed by atoms with Gasteiger partial charge in [-0.3, -0.25) is 4.79 Å². The number of ketones is 1. The molecule has 0 unspecified atom stereocenters. The number of carboxylic acid groups (broad SMARTS) is 2. The summed E-state index contributed by atoms with van der Waals surface area (Å²) in [6.07, 6.45) is 0. The van der Waals surface area contributed by atoms with Gasteiger partial charge in [-0.25, -0.2) is 19.6 Å². The van der Waals surface area contributed by atoms with E-state index in [1.807, 2.05) is 84.9 Å². The summed E-state index contributed by atoms with van der Waals surface area (Å²) in [5, 5.41) is 18.7. The van der Waals surface area contributed by atoms with Gasteiger partial charge in [0, 0.05) is 44.5 Å².